The molecule has 3 aromatic carbocycles. The molecule has 0 spiro atoms. The molecular weight excluding hydrogens is 619 g/mol. The number of carbonyl (C=O) groups is 2. The number of hydrogen-bond donors (Lipinski definition) is 2. The molecule has 1 heterocycles. The van der Waals surface area contributed by atoms with E-state index in [9.17, 15) is 19.6 Å². The van der Waals surface area contributed by atoms with Gasteiger partial charge in [0.15, 0.2) is 5.78 Å². The van der Waals surface area contributed by atoms with E-state index in [0.717, 1.165) is 56.1 Å². The average Bonchev–Trinajstić information content (AvgIpc) is 3.04. The fourth-order valence-corrected chi connectivity index (χ4v) is 6.11. The zero-order valence-corrected chi connectivity index (χ0v) is 29.3. The van der Waals surface area contributed by atoms with E-state index in [0.29, 0.717) is 56.2 Å². The van der Waals surface area contributed by atoms with Crippen molar-refractivity contribution in [2.24, 2.45) is 0 Å². The number of aromatic nitrogens is 1. The number of hydrogen-bond acceptors (Lipinski definition) is 10. The summed E-state index contributed by atoms with van der Waals surface area (Å²) in [5, 5.41) is 18.1. The summed E-state index contributed by atoms with van der Waals surface area (Å²) in [5.41, 5.74) is 2.85. The summed E-state index contributed by atoms with van der Waals surface area (Å²) >= 11 is 0.753. The van der Waals surface area contributed by atoms with Crippen LogP contribution < -0.4 is 50.4 Å². The smallest absolute Gasteiger partial charge is 0.691 e. The van der Waals surface area contributed by atoms with Crippen molar-refractivity contribution in [2.75, 3.05) is 18.5 Å². The number of aryl methyl sites for hydroxylation is 1. The molecule has 0 saturated heterocycles. The molecule has 236 valence electrons. The van der Waals surface area contributed by atoms with E-state index in [4.69, 9.17) is 13.8 Å². The zero-order valence-electron chi connectivity index (χ0n) is 26.4. The summed E-state index contributed by atoms with van der Waals surface area (Å²) in [4.78, 5) is 44.4. The number of benzene rings is 3. The van der Waals surface area contributed by atoms with Crippen LogP contribution in [0.2, 0.25) is 0 Å². The third kappa shape index (κ3) is 7.36. The number of ketones is 1. The van der Waals surface area contributed by atoms with Crippen LogP contribution in [0.3, 0.4) is 0 Å². The minimum absolute atomic E-state index is 0. The number of nitrogens with one attached hydrogen (secondary N) is 2. The van der Waals surface area contributed by atoms with Crippen molar-refractivity contribution in [3.8, 4) is 16.9 Å². The Labute approximate surface area is 293 Å². The van der Waals surface area contributed by atoms with Gasteiger partial charge in [-0.05, 0) is 49.4 Å². The van der Waals surface area contributed by atoms with Crippen LogP contribution >= 0.6 is 12.0 Å². The Morgan fingerprint density at radius 1 is 0.935 bits per heavy atom. The minimum Gasteiger partial charge on any atom is -0.691 e. The molecule has 0 aliphatic heterocycles. The van der Waals surface area contributed by atoms with Crippen molar-refractivity contribution >= 4 is 46.1 Å². The van der Waals surface area contributed by atoms with Gasteiger partial charge in [-0.15, -0.1) is 0 Å². The van der Waals surface area contributed by atoms with Crippen molar-refractivity contribution in [1.82, 2.24) is 4.98 Å². The van der Waals surface area contributed by atoms with Crippen molar-refractivity contribution in [3.63, 3.8) is 0 Å². The van der Waals surface area contributed by atoms with Crippen LogP contribution in [0.5, 0.6) is 5.75 Å². The maximum Gasteiger partial charge on any atom is 1.00 e. The summed E-state index contributed by atoms with van der Waals surface area (Å²) in [7, 11) is 0. The Kier molecular flexibility index (Phi) is 12.9. The van der Waals surface area contributed by atoms with E-state index in [1.165, 1.54) is 0 Å². The molecule has 0 unspecified atom stereocenters. The molecule has 46 heavy (non-hydrogen) atoms. The number of carbonyl (C=O) groups excluding carboxylic acids is 2. The third-order valence-electron chi connectivity index (χ3n) is 7.70. The van der Waals surface area contributed by atoms with Crippen LogP contribution in [0.25, 0.3) is 22.0 Å². The van der Waals surface area contributed by atoms with Gasteiger partial charge in [-0.2, -0.15) is 4.33 Å². The van der Waals surface area contributed by atoms with E-state index in [1.807, 2.05) is 18.2 Å². The predicted molar refractivity (Wildman–Crippen MR) is 171 cm³/mol. The molecule has 4 aromatic rings. The summed E-state index contributed by atoms with van der Waals surface area (Å²) in [5.74, 6) is -0.732. The van der Waals surface area contributed by atoms with Crippen molar-refractivity contribution in [2.45, 2.75) is 64.2 Å². The molecule has 12 heteroatoms. The molecule has 0 atom stereocenters. The summed E-state index contributed by atoms with van der Waals surface area (Å²) < 4.78 is 16.2. The Balaban J connectivity index is 0.00000480. The van der Waals surface area contributed by atoms with Gasteiger partial charge in [0, 0.05) is 22.6 Å². The monoisotopic (exact) mass is 654 g/mol. The van der Waals surface area contributed by atoms with Crippen LogP contribution in [-0.4, -0.2) is 30.0 Å². The predicted octanol–water partition coefficient (Wildman–Crippen LogP) is 3.81. The first kappa shape index (κ1) is 35.7. The van der Waals surface area contributed by atoms with Gasteiger partial charge in [-0.1, -0.05) is 63.4 Å². The van der Waals surface area contributed by atoms with Gasteiger partial charge in [0.25, 0.3) is 5.56 Å². The number of rotatable bonds is 15. The van der Waals surface area contributed by atoms with Crippen LogP contribution in [0.15, 0.2) is 58.2 Å². The Bertz CT molecular complexity index is 1790. The molecule has 0 fully saturated rings. The molecule has 5 rings (SSSR count). The van der Waals surface area contributed by atoms with E-state index < -0.39 is 11.5 Å². The van der Waals surface area contributed by atoms with Crippen LogP contribution in [0.4, 0.5) is 11.4 Å². The summed E-state index contributed by atoms with van der Waals surface area (Å²) in [6.07, 6.45) is 5.58. The second-order valence-electron chi connectivity index (χ2n) is 10.7. The van der Waals surface area contributed by atoms with Crippen LogP contribution in [-0.2, 0) is 20.5 Å². The largest absolute Gasteiger partial charge is 1.00 e. The fourth-order valence-electron chi connectivity index (χ4n) is 5.60. The first-order valence-electron chi connectivity index (χ1n) is 15.2. The van der Waals surface area contributed by atoms with Crippen molar-refractivity contribution in [3.05, 3.63) is 81.1 Å². The molecular formula is C34H35N2NaO8S. The standard InChI is InChI=1S/C34H36N2O8S.Na/c1-4-7-11-17-42-25-19-24(35-23-16-15-20(12-8-5-2)18-26(23)45-44-43-40)28-29-27(21-13-9-10-14-22(21)32(28)37)30(34(39)41-6-3)33(38)36-31(25)29;/h9-10,13-16,18-19,35,40H,4-8,11-12,17H2,1-3H3,(H,36,38);/q;+1/p-1. The first-order chi connectivity index (χ1) is 21.9. The molecule has 0 bridgehead atoms. The molecule has 2 N–H and O–H groups in total. The maximum atomic E-state index is 14.3. The Morgan fingerprint density at radius 2 is 1.70 bits per heavy atom. The first-order valence-corrected chi connectivity index (χ1v) is 15.9. The second kappa shape index (κ2) is 16.6. The summed E-state index contributed by atoms with van der Waals surface area (Å²) in [6.45, 7) is 6.31. The molecule has 0 saturated carbocycles. The number of pyridine rings is 1. The SMILES string of the molecule is CCCCCOc1cc(Nc2ccc(CCCC)cc2SOO[O-])c2c3c(c(C(=O)OCC)c(=O)[nH]c13)-c1ccccc1C2=O.[Na+]. The van der Waals surface area contributed by atoms with Gasteiger partial charge in [-0.25, -0.2) is 4.79 Å². The molecule has 1 aliphatic rings. The third-order valence-corrected chi connectivity index (χ3v) is 8.34. The van der Waals surface area contributed by atoms with Gasteiger partial charge in [0.2, 0.25) is 0 Å². The molecule has 1 aliphatic carbocycles. The van der Waals surface area contributed by atoms with Crippen LogP contribution in [0, 0.1) is 0 Å². The molecule has 10 nitrogen and oxygen atoms in total. The zero-order chi connectivity index (χ0) is 31.9. The Hall–Kier alpha value is -3.16. The van der Waals surface area contributed by atoms with Crippen LogP contribution in [0.1, 0.15) is 84.7 Å². The van der Waals surface area contributed by atoms with E-state index >= 15 is 0 Å². The second-order valence-corrected chi connectivity index (χ2v) is 11.4. The topological polar surface area (TPSA) is 139 Å². The van der Waals surface area contributed by atoms with Gasteiger partial charge in [0.1, 0.15) is 11.3 Å². The van der Waals surface area contributed by atoms with Gasteiger partial charge in [0.05, 0.1) is 52.6 Å². The normalized spacial score (nSPS) is 11.6. The van der Waals surface area contributed by atoms with E-state index in [2.05, 4.69) is 29.2 Å². The number of fused-ring (bicyclic) bond motifs is 2. The number of H-pyrrole nitrogens is 1. The molecule has 0 amide bonds. The number of esters is 1. The minimum atomic E-state index is -0.786. The number of unbranched alkanes of at least 4 members (excludes halogenated alkanes) is 3. The van der Waals surface area contributed by atoms with Crippen molar-refractivity contribution in [1.29, 1.82) is 0 Å². The average molecular weight is 655 g/mol. The molecule has 0 radical (unpaired) electrons. The van der Waals surface area contributed by atoms with E-state index in [1.54, 1.807) is 37.3 Å². The summed E-state index contributed by atoms with van der Waals surface area (Å²) in [6, 6.07) is 14.3. The quantitative estimate of drug-likeness (QED) is 0.0428. The van der Waals surface area contributed by atoms with Gasteiger partial charge in [-0.3, -0.25) is 14.6 Å². The Morgan fingerprint density at radius 3 is 2.41 bits per heavy atom. The van der Waals surface area contributed by atoms with Gasteiger partial charge < -0.3 is 25.0 Å². The maximum absolute atomic E-state index is 14.3. The number of anilines is 2. The van der Waals surface area contributed by atoms with Crippen molar-refractivity contribution < 1.29 is 63.2 Å². The molecule has 1 aromatic heterocycles. The van der Waals surface area contributed by atoms with Gasteiger partial charge >= 0.3 is 35.5 Å². The fraction of sp³-hybridized carbons (Fsp3) is 0.324. The number of aromatic amines is 1. The number of ether oxygens (including phenoxy) is 2. The van der Waals surface area contributed by atoms with E-state index in [-0.39, 0.29) is 53.1 Å².